The zero-order chi connectivity index (χ0) is 13.3. The number of carbonyl (C=O) groups is 1. The molecule has 18 heavy (non-hydrogen) atoms. The van der Waals surface area contributed by atoms with Gasteiger partial charge in [0.1, 0.15) is 0 Å². The first kappa shape index (κ1) is 13.4. The maximum atomic E-state index is 13.6. The van der Waals surface area contributed by atoms with Crippen molar-refractivity contribution in [2.24, 2.45) is 0 Å². The molecule has 0 bridgehead atoms. The second-order valence-corrected chi connectivity index (χ2v) is 5.21. The van der Waals surface area contributed by atoms with Crippen LogP contribution in [0.3, 0.4) is 0 Å². The zero-order valence-electron chi connectivity index (χ0n) is 8.88. The minimum absolute atomic E-state index is 0.0996. The van der Waals surface area contributed by atoms with E-state index in [1.54, 1.807) is 24.3 Å². The Balaban J connectivity index is 2.52. The minimum atomic E-state index is -1.22. The summed E-state index contributed by atoms with van der Waals surface area (Å²) in [5, 5.41) is -0.0996. The van der Waals surface area contributed by atoms with Gasteiger partial charge in [-0.3, -0.25) is 4.79 Å². The Kier molecular flexibility index (Phi) is 3.97. The second kappa shape index (κ2) is 5.32. The molecular formula is C13H6ClF2IO. The van der Waals surface area contributed by atoms with Crippen molar-refractivity contribution in [3.63, 3.8) is 0 Å². The van der Waals surface area contributed by atoms with E-state index < -0.39 is 23.0 Å². The van der Waals surface area contributed by atoms with Gasteiger partial charge >= 0.3 is 0 Å². The molecule has 2 aromatic rings. The van der Waals surface area contributed by atoms with Gasteiger partial charge in [-0.15, -0.1) is 0 Å². The van der Waals surface area contributed by atoms with Crippen LogP contribution in [0, 0.1) is 15.2 Å². The molecule has 0 aliphatic carbocycles. The van der Waals surface area contributed by atoms with Gasteiger partial charge in [-0.25, -0.2) is 8.78 Å². The van der Waals surface area contributed by atoms with Crippen molar-refractivity contribution in [3.8, 4) is 0 Å². The average molecular weight is 379 g/mol. The van der Waals surface area contributed by atoms with E-state index in [9.17, 15) is 13.6 Å². The lowest BCUT2D eigenvalue weighted by Gasteiger charge is -2.06. The van der Waals surface area contributed by atoms with Crippen LogP contribution in [0.2, 0.25) is 5.02 Å². The summed E-state index contributed by atoms with van der Waals surface area (Å²) in [6, 6.07) is 8.57. The first-order chi connectivity index (χ1) is 8.50. The van der Waals surface area contributed by atoms with Crippen LogP contribution >= 0.6 is 34.2 Å². The molecule has 92 valence electrons. The number of rotatable bonds is 2. The molecule has 0 unspecified atom stereocenters. The van der Waals surface area contributed by atoms with Crippen molar-refractivity contribution in [1.29, 1.82) is 0 Å². The van der Waals surface area contributed by atoms with Gasteiger partial charge in [-0.05, 0) is 59.0 Å². The van der Waals surface area contributed by atoms with E-state index in [1.807, 2.05) is 0 Å². The summed E-state index contributed by atoms with van der Waals surface area (Å²) in [4.78, 5) is 12.1. The Morgan fingerprint density at radius 2 is 1.67 bits per heavy atom. The number of benzene rings is 2. The largest absolute Gasteiger partial charge is 0.288 e. The minimum Gasteiger partial charge on any atom is -0.288 e. The number of hydrogen-bond acceptors (Lipinski definition) is 1. The summed E-state index contributed by atoms with van der Waals surface area (Å²) in [6.07, 6.45) is 0. The van der Waals surface area contributed by atoms with Gasteiger partial charge in [-0.2, -0.15) is 0 Å². The molecule has 0 saturated heterocycles. The van der Waals surface area contributed by atoms with E-state index in [4.69, 9.17) is 11.6 Å². The summed E-state index contributed by atoms with van der Waals surface area (Å²) in [5.74, 6) is -2.94. The Hall–Kier alpha value is -1.01. The monoisotopic (exact) mass is 378 g/mol. The lowest BCUT2D eigenvalue weighted by atomic mass is 10.0. The molecule has 0 aromatic heterocycles. The standard InChI is InChI=1S/C13H6ClF2IO/c14-9-5-6-10(15)12(16)11(9)13(18)7-1-3-8(17)4-2-7/h1-6H. The highest BCUT2D eigenvalue weighted by Crippen LogP contribution is 2.24. The van der Waals surface area contributed by atoms with Crippen LogP contribution in [0.1, 0.15) is 15.9 Å². The van der Waals surface area contributed by atoms with Crippen LogP contribution in [-0.2, 0) is 0 Å². The summed E-state index contributed by atoms with van der Waals surface area (Å²) in [7, 11) is 0. The van der Waals surface area contributed by atoms with Crippen molar-refractivity contribution < 1.29 is 13.6 Å². The number of ketones is 1. The second-order valence-electron chi connectivity index (χ2n) is 3.55. The lowest BCUT2D eigenvalue weighted by molar-refractivity contribution is 0.103. The molecule has 0 N–H and O–H groups in total. The van der Waals surface area contributed by atoms with Crippen LogP contribution in [0.15, 0.2) is 36.4 Å². The van der Waals surface area contributed by atoms with Gasteiger partial charge < -0.3 is 0 Å². The number of carbonyl (C=O) groups excluding carboxylic acids is 1. The normalized spacial score (nSPS) is 10.4. The summed E-state index contributed by atoms with van der Waals surface area (Å²) in [6.45, 7) is 0. The van der Waals surface area contributed by atoms with Gasteiger partial charge in [0, 0.05) is 9.13 Å². The average Bonchev–Trinajstić information content (AvgIpc) is 2.35. The van der Waals surface area contributed by atoms with Crippen molar-refractivity contribution >= 4 is 40.0 Å². The highest BCUT2D eigenvalue weighted by atomic mass is 127. The van der Waals surface area contributed by atoms with Crippen molar-refractivity contribution in [2.45, 2.75) is 0 Å². The molecule has 2 aromatic carbocycles. The van der Waals surface area contributed by atoms with Gasteiger partial charge in [-0.1, -0.05) is 11.6 Å². The highest BCUT2D eigenvalue weighted by molar-refractivity contribution is 14.1. The molecule has 0 spiro atoms. The van der Waals surface area contributed by atoms with Gasteiger partial charge in [0.25, 0.3) is 0 Å². The van der Waals surface area contributed by atoms with Crippen molar-refractivity contribution in [3.05, 3.63) is 67.8 Å². The smallest absolute Gasteiger partial charge is 0.197 e. The summed E-state index contributed by atoms with van der Waals surface area (Å²) < 4.78 is 27.6. The maximum Gasteiger partial charge on any atom is 0.197 e. The third kappa shape index (κ3) is 2.54. The SMILES string of the molecule is O=C(c1ccc(I)cc1)c1c(Cl)ccc(F)c1F. The lowest BCUT2D eigenvalue weighted by Crippen LogP contribution is -2.07. The van der Waals surface area contributed by atoms with Crippen LogP contribution in [0.5, 0.6) is 0 Å². The first-order valence-corrected chi connectivity index (χ1v) is 6.40. The van der Waals surface area contributed by atoms with Crippen LogP contribution in [0.25, 0.3) is 0 Å². The molecule has 0 radical (unpaired) electrons. The molecule has 0 aliphatic rings. The fraction of sp³-hybridized carbons (Fsp3) is 0. The topological polar surface area (TPSA) is 17.1 Å². The highest BCUT2D eigenvalue weighted by Gasteiger charge is 2.20. The van der Waals surface area contributed by atoms with Gasteiger partial charge in [0.15, 0.2) is 17.4 Å². The predicted octanol–water partition coefficient (Wildman–Crippen LogP) is 4.45. The van der Waals surface area contributed by atoms with Gasteiger partial charge in [0.05, 0.1) is 10.6 Å². The number of hydrogen-bond donors (Lipinski definition) is 0. The van der Waals surface area contributed by atoms with Crippen molar-refractivity contribution in [2.75, 3.05) is 0 Å². The van der Waals surface area contributed by atoms with Gasteiger partial charge in [0.2, 0.25) is 0 Å². The molecule has 2 rings (SSSR count). The Morgan fingerprint density at radius 1 is 1.06 bits per heavy atom. The molecule has 1 nitrogen and oxygen atoms in total. The molecule has 0 fully saturated rings. The molecule has 0 heterocycles. The quantitative estimate of drug-likeness (QED) is 0.429. The van der Waals surface area contributed by atoms with E-state index in [0.29, 0.717) is 0 Å². The Bertz CT molecular complexity index is 611. The molecule has 0 atom stereocenters. The fourth-order valence-corrected chi connectivity index (χ4v) is 2.07. The summed E-state index contributed by atoms with van der Waals surface area (Å²) in [5.41, 5.74) is -0.167. The first-order valence-electron chi connectivity index (χ1n) is 4.94. The van der Waals surface area contributed by atoms with Crippen LogP contribution in [-0.4, -0.2) is 5.78 Å². The van der Waals surface area contributed by atoms with E-state index in [0.717, 1.165) is 9.64 Å². The molecule has 0 aliphatic heterocycles. The molecule has 0 saturated carbocycles. The Labute approximate surface area is 121 Å². The van der Waals surface area contributed by atoms with Crippen LogP contribution in [0.4, 0.5) is 8.78 Å². The fourth-order valence-electron chi connectivity index (χ4n) is 1.48. The van der Waals surface area contributed by atoms with Crippen LogP contribution < -0.4 is 0 Å². The molecular weight excluding hydrogens is 372 g/mol. The maximum absolute atomic E-state index is 13.6. The molecule has 5 heteroatoms. The molecule has 0 amide bonds. The third-order valence-electron chi connectivity index (χ3n) is 2.38. The van der Waals surface area contributed by atoms with E-state index in [-0.39, 0.29) is 10.6 Å². The zero-order valence-corrected chi connectivity index (χ0v) is 11.8. The number of halogens is 4. The predicted molar refractivity (Wildman–Crippen MR) is 74.0 cm³/mol. The van der Waals surface area contributed by atoms with E-state index >= 15 is 0 Å². The van der Waals surface area contributed by atoms with E-state index in [1.165, 1.54) is 6.07 Å². The van der Waals surface area contributed by atoms with E-state index in [2.05, 4.69) is 22.6 Å². The van der Waals surface area contributed by atoms with Crippen molar-refractivity contribution in [1.82, 2.24) is 0 Å². The Morgan fingerprint density at radius 3 is 2.28 bits per heavy atom. The third-order valence-corrected chi connectivity index (χ3v) is 3.41. The summed E-state index contributed by atoms with van der Waals surface area (Å²) >= 11 is 7.83.